The van der Waals surface area contributed by atoms with Gasteiger partial charge in [-0.1, -0.05) is 20.8 Å². The van der Waals surface area contributed by atoms with Gasteiger partial charge in [0.05, 0.1) is 6.10 Å². The minimum atomic E-state index is -0.0852. The highest BCUT2D eigenvalue weighted by molar-refractivity contribution is 5.15. The highest BCUT2D eigenvalue weighted by atomic mass is 16.5. The van der Waals surface area contributed by atoms with Gasteiger partial charge in [0.1, 0.15) is 0 Å². The number of piperidine rings is 1. The Labute approximate surface area is 118 Å². The van der Waals surface area contributed by atoms with Crippen LogP contribution in [0.25, 0.3) is 0 Å². The van der Waals surface area contributed by atoms with Crippen molar-refractivity contribution in [3.8, 4) is 0 Å². The van der Waals surface area contributed by atoms with Crippen LogP contribution in [0.1, 0.15) is 53.9 Å². The normalized spacial score (nSPS) is 42.9. The standard InChI is InChI=1S/C16H32N2O/c1-6-19-14-10-16(17,15(14,4)5)11-18-9-7-8-12(2)13(18)3/h12-14H,6-11,17H2,1-5H3. The van der Waals surface area contributed by atoms with Crippen LogP contribution in [0.5, 0.6) is 0 Å². The summed E-state index contributed by atoms with van der Waals surface area (Å²) in [4.78, 5) is 2.61. The SMILES string of the molecule is CCOC1CC(N)(CN2CCCC(C)C2C)C1(C)C. The molecule has 1 aliphatic heterocycles. The van der Waals surface area contributed by atoms with Crippen LogP contribution in [0, 0.1) is 11.3 Å². The molecule has 2 fully saturated rings. The summed E-state index contributed by atoms with van der Waals surface area (Å²) in [6, 6.07) is 0.663. The molecule has 1 aliphatic carbocycles. The minimum absolute atomic E-state index is 0.0852. The fourth-order valence-corrected chi connectivity index (χ4v) is 3.78. The molecule has 3 heteroatoms. The zero-order valence-electron chi connectivity index (χ0n) is 13.4. The topological polar surface area (TPSA) is 38.5 Å². The molecule has 1 saturated heterocycles. The van der Waals surface area contributed by atoms with Crippen molar-refractivity contribution in [3.63, 3.8) is 0 Å². The van der Waals surface area contributed by atoms with Crippen molar-refractivity contribution in [3.05, 3.63) is 0 Å². The van der Waals surface area contributed by atoms with E-state index in [4.69, 9.17) is 10.5 Å². The number of likely N-dealkylation sites (tertiary alicyclic amines) is 1. The molecule has 0 aromatic heterocycles. The van der Waals surface area contributed by atoms with Crippen LogP contribution in [0.15, 0.2) is 0 Å². The van der Waals surface area contributed by atoms with Crippen molar-refractivity contribution < 1.29 is 4.74 Å². The molecular formula is C16H32N2O. The van der Waals surface area contributed by atoms with Crippen LogP contribution < -0.4 is 5.73 Å². The molecule has 2 N–H and O–H groups in total. The third-order valence-corrected chi connectivity index (χ3v) is 6.00. The first-order valence-corrected chi connectivity index (χ1v) is 7.96. The van der Waals surface area contributed by atoms with Gasteiger partial charge in [0.25, 0.3) is 0 Å². The Hall–Kier alpha value is -0.120. The number of hydrogen-bond donors (Lipinski definition) is 1. The van der Waals surface area contributed by atoms with Crippen molar-refractivity contribution >= 4 is 0 Å². The number of hydrogen-bond acceptors (Lipinski definition) is 3. The van der Waals surface area contributed by atoms with Crippen molar-refractivity contribution in [1.29, 1.82) is 0 Å². The zero-order valence-corrected chi connectivity index (χ0v) is 13.4. The second kappa shape index (κ2) is 5.34. The number of rotatable bonds is 4. The van der Waals surface area contributed by atoms with Gasteiger partial charge in [-0.2, -0.15) is 0 Å². The highest BCUT2D eigenvalue weighted by Crippen LogP contribution is 2.50. The average molecular weight is 268 g/mol. The Morgan fingerprint density at radius 2 is 2.00 bits per heavy atom. The van der Waals surface area contributed by atoms with Crippen molar-refractivity contribution in [2.75, 3.05) is 19.7 Å². The van der Waals surface area contributed by atoms with Gasteiger partial charge in [-0.15, -0.1) is 0 Å². The first-order chi connectivity index (χ1) is 8.82. The van der Waals surface area contributed by atoms with E-state index < -0.39 is 0 Å². The van der Waals surface area contributed by atoms with Crippen LogP contribution in [-0.4, -0.2) is 42.3 Å². The fraction of sp³-hybridized carbons (Fsp3) is 1.00. The molecule has 4 unspecified atom stereocenters. The Morgan fingerprint density at radius 3 is 2.58 bits per heavy atom. The molecule has 112 valence electrons. The Balaban J connectivity index is 1.99. The summed E-state index contributed by atoms with van der Waals surface area (Å²) in [5, 5.41) is 0. The summed E-state index contributed by atoms with van der Waals surface area (Å²) < 4.78 is 5.83. The van der Waals surface area contributed by atoms with Gasteiger partial charge in [0.15, 0.2) is 0 Å². The van der Waals surface area contributed by atoms with Gasteiger partial charge >= 0.3 is 0 Å². The Kier molecular flexibility index (Phi) is 4.29. The fourth-order valence-electron chi connectivity index (χ4n) is 3.78. The lowest BCUT2D eigenvalue weighted by atomic mass is 9.54. The maximum absolute atomic E-state index is 6.72. The van der Waals surface area contributed by atoms with E-state index in [2.05, 4.69) is 39.5 Å². The zero-order chi connectivity index (χ0) is 14.3. The molecule has 1 saturated carbocycles. The van der Waals surface area contributed by atoms with E-state index in [0.717, 1.165) is 25.5 Å². The first-order valence-electron chi connectivity index (χ1n) is 7.96. The molecule has 0 radical (unpaired) electrons. The third kappa shape index (κ3) is 2.57. The second-order valence-corrected chi connectivity index (χ2v) is 7.36. The number of ether oxygens (including phenoxy) is 1. The van der Waals surface area contributed by atoms with Crippen LogP contribution in [0.2, 0.25) is 0 Å². The van der Waals surface area contributed by atoms with Gasteiger partial charge in [0.2, 0.25) is 0 Å². The van der Waals surface area contributed by atoms with E-state index in [1.165, 1.54) is 19.4 Å². The predicted octanol–water partition coefficient (Wildman–Crippen LogP) is 2.64. The summed E-state index contributed by atoms with van der Waals surface area (Å²) in [5.41, 5.74) is 6.72. The molecule has 0 bridgehead atoms. The monoisotopic (exact) mass is 268 g/mol. The highest BCUT2D eigenvalue weighted by Gasteiger charge is 2.59. The predicted molar refractivity (Wildman–Crippen MR) is 80.2 cm³/mol. The van der Waals surface area contributed by atoms with Gasteiger partial charge in [0, 0.05) is 30.1 Å². The molecule has 0 aromatic carbocycles. The molecule has 2 aliphatic rings. The summed E-state index contributed by atoms with van der Waals surface area (Å²) in [6.45, 7) is 14.4. The van der Waals surface area contributed by atoms with Crippen molar-refractivity contribution in [2.24, 2.45) is 17.1 Å². The lowest BCUT2D eigenvalue weighted by Crippen LogP contribution is -2.74. The number of nitrogens with two attached hydrogens (primary N) is 1. The third-order valence-electron chi connectivity index (χ3n) is 6.00. The van der Waals surface area contributed by atoms with E-state index in [0.29, 0.717) is 12.1 Å². The van der Waals surface area contributed by atoms with Gasteiger partial charge in [-0.05, 0) is 45.6 Å². The van der Waals surface area contributed by atoms with Crippen LogP contribution in [0.4, 0.5) is 0 Å². The number of nitrogens with zero attached hydrogens (tertiary/aromatic N) is 1. The molecule has 2 rings (SSSR count). The van der Waals surface area contributed by atoms with Crippen molar-refractivity contribution in [2.45, 2.75) is 71.6 Å². The molecular weight excluding hydrogens is 236 g/mol. The smallest absolute Gasteiger partial charge is 0.0662 e. The molecule has 4 atom stereocenters. The van der Waals surface area contributed by atoms with Gasteiger partial charge in [-0.3, -0.25) is 4.90 Å². The minimum Gasteiger partial charge on any atom is -0.378 e. The maximum atomic E-state index is 6.72. The molecule has 19 heavy (non-hydrogen) atoms. The quantitative estimate of drug-likeness (QED) is 0.852. The Bertz CT molecular complexity index is 318. The lowest BCUT2D eigenvalue weighted by molar-refractivity contribution is -0.160. The maximum Gasteiger partial charge on any atom is 0.0662 e. The van der Waals surface area contributed by atoms with E-state index in [1.807, 2.05) is 0 Å². The molecule has 0 aromatic rings. The molecule has 0 amide bonds. The second-order valence-electron chi connectivity index (χ2n) is 7.36. The Morgan fingerprint density at radius 1 is 1.32 bits per heavy atom. The molecule has 1 heterocycles. The molecule has 0 spiro atoms. The molecule has 3 nitrogen and oxygen atoms in total. The summed E-state index contributed by atoms with van der Waals surface area (Å²) in [6.07, 6.45) is 4.02. The van der Waals surface area contributed by atoms with E-state index in [-0.39, 0.29) is 11.0 Å². The largest absolute Gasteiger partial charge is 0.378 e. The van der Waals surface area contributed by atoms with Crippen LogP contribution >= 0.6 is 0 Å². The van der Waals surface area contributed by atoms with Gasteiger partial charge in [-0.25, -0.2) is 0 Å². The van der Waals surface area contributed by atoms with Crippen LogP contribution in [-0.2, 0) is 4.74 Å². The van der Waals surface area contributed by atoms with Crippen molar-refractivity contribution in [1.82, 2.24) is 4.90 Å². The summed E-state index contributed by atoms with van der Waals surface area (Å²) in [7, 11) is 0. The van der Waals surface area contributed by atoms with E-state index in [1.54, 1.807) is 0 Å². The van der Waals surface area contributed by atoms with Gasteiger partial charge < -0.3 is 10.5 Å². The van der Waals surface area contributed by atoms with E-state index in [9.17, 15) is 0 Å². The first kappa shape index (κ1) is 15.3. The summed E-state index contributed by atoms with van der Waals surface area (Å²) in [5.74, 6) is 0.795. The van der Waals surface area contributed by atoms with Crippen LogP contribution in [0.3, 0.4) is 0 Å². The average Bonchev–Trinajstić information content (AvgIpc) is 2.35. The lowest BCUT2D eigenvalue weighted by Gasteiger charge is -2.61. The summed E-state index contributed by atoms with van der Waals surface area (Å²) >= 11 is 0. The van der Waals surface area contributed by atoms with E-state index >= 15 is 0 Å².